The molecule has 3 N–H and O–H groups in total. The Bertz CT molecular complexity index is 1180. The van der Waals surface area contributed by atoms with Crippen LogP contribution in [0.3, 0.4) is 0 Å². The highest BCUT2D eigenvalue weighted by atomic mass is 35.5. The van der Waals surface area contributed by atoms with Gasteiger partial charge in [-0.15, -0.1) is 0 Å². The molecule has 3 aromatic rings. The third kappa shape index (κ3) is 7.48. The molecule has 9 heteroatoms. The van der Waals surface area contributed by atoms with Crippen molar-refractivity contribution in [3.8, 4) is 11.5 Å². The molecule has 0 aromatic heterocycles. The molecule has 0 aliphatic rings. The summed E-state index contributed by atoms with van der Waals surface area (Å²) in [7, 11) is 1.59. The maximum Gasteiger partial charge on any atom is 0.412 e. The Morgan fingerprint density at radius 2 is 1.66 bits per heavy atom. The van der Waals surface area contributed by atoms with Crippen molar-refractivity contribution in [2.75, 3.05) is 13.7 Å². The lowest BCUT2D eigenvalue weighted by Crippen LogP contribution is -2.42. The lowest BCUT2D eigenvalue weighted by atomic mass is 10.1. The van der Waals surface area contributed by atoms with E-state index in [1.54, 1.807) is 49.6 Å². The normalized spacial score (nSPS) is 11.3. The molecule has 0 radical (unpaired) electrons. The summed E-state index contributed by atoms with van der Waals surface area (Å²) in [4.78, 5) is 36.2. The first-order valence-corrected chi connectivity index (χ1v) is 11.2. The molecule has 2 amide bonds. The molecule has 3 rings (SSSR count). The third-order valence-electron chi connectivity index (χ3n) is 5.15. The van der Waals surface area contributed by atoms with Gasteiger partial charge in [0, 0.05) is 13.0 Å². The minimum absolute atomic E-state index is 0.0386. The van der Waals surface area contributed by atoms with Crippen LogP contribution in [0, 0.1) is 0 Å². The first-order chi connectivity index (χ1) is 16.9. The Hall–Kier alpha value is -4.04. The molecule has 0 fully saturated rings. The molecule has 3 aromatic carbocycles. The maximum absolute atomic E-state index is 12.4. The van der Waals surface area contributed by atoms with E-state index < -0.39 is 24.0 Å². The van der Waals surface area contributed by atoms with Gasteiger partial charge in [-0.25, -0.2) is 9.59 Å². The summed E-state index contributed by atoms with van der Waals surface area (Å²) >= 11 is 6.02. The largest absolute Gasteiger partial charge is 0.496 e. The molecular formula is C26H25ClN2O6. The van der Waals surface area contributed by atoms with Crippen molar-refractivity contribution in [3.05, 3.63) is 94.5 Å². The number of hydrogen-bond donors (Lipinski definition) is 3. The number of carboxylic acid groups (broad SMARTS) is 1. The topological polar surface area (TPSA) is 114 Å². The van der Waals surface area contributed by atoms with Crippen LogP contribution in [0.4, 0.5) is 4.79 Å². The first-order valence-electron chi connectivity index (χ1n) is 10.8. The van der Waals surface area contributed by atoms with E-state index in [4.69, 9.17) is 21.1 Å². The molecule has 35 heavy (non-hydrogen) atoms. The Labute approximate surface area is 207 Å². The number of methoxy groups -OCH3 is 1. The van der Waals surface area contributed by atoms with Crippen LogP contribution >= 0.6 is 11.6 Å². The van der Waals surface area contributed by atoms with E-state index in [2.05, 4.69) is 10.6 Å². The number of carbonyl (C=O) groups is 3. The van der Waals surface area contributed by atoms with E-state index in [9.17, 15) is 19.5 Å². The van der Waals surface area contributed by atoms with Gasteiger partial charge in [-0.05, 0) is 47.9 Å². The fraction of sp³-hybridized carbons (Fsp3) is 0.192. The van der Waals surface area contributed by atoms with Crippen LogP contribution in [0.25, 0.3) is 0 Å². The van der Waals surface area contributed by atoms with Crippen LogP contribution < -0.4 is 20.1 Å². The fourth-order valence-corrected chi connectivity index (χ4v) is 3.58. The van der Waals surface area contributed by atoms with Gasteiger partial charge in [0.1, 0.15) is 17.5 Å². The van der Waals surface area contributed by atoms with Crippen molar-refractivity contribution < 1.29 is 29.0 Å². The lowest BCUT2D eigenvalue weighted by Gasteiger charge is -2.15. The smallest absolute Gasteiger partial charge is 0.412 e. The molecule has 0 saturated heterocycles. The maximum atomic E-state index is 12.4. The zero-order valence-corrected chi connectivity index (χ0v) is 19.7. The van der Waals surface area contributed by atoms with Crippen molar-refractivity contribution >= 4 is 29.6 Å². The van der Waals surface area contributed by atoms with Crippen molar-refractivity contribution in [1.82, 2.24) is 10.6 Å². The van der Waals surface area contributed by atoms with Crippen molar-refractivity contribution in [1.29, 1.82) is 0 Å². The molecule has 0 saturated carbocycles. The van der Waals surface area contributed by atoms with Crippen molar-refractivity contribution in [2.45, 2.75) is 18.9 Å². The Morgan fingerprint density at radius 1 is 0.971 bits per heavy atom. The van der Waals surface area contributed by atoms with Gasteiger partial charge in [0.15, 0.2) is 0 Å². The number of halogens is 1. The predicted octanol–water partition coefficient (Wildman–Crippen LogP) is 4.11. The van der Waals surface area contributed by atoms with E-state index in [1.165, 1.54) is 6.07 Å². The summed E-state index contributed by atoms with van der Waals surface area (Å²) in [6, 6.07) is 19.2. The third-order valence-corrected chi connectivity index (χ3v) is 5.48. The monoisotopic (exact) mass is 496 g/mol. The number of rotatable bonds is 10. The number of benzene rings is 3. The van der Waals surface area contributed by atoms with Crippen molar-refractivity contribution in [2.24, 2.45) is 0 Å². The Balaban J connectivity index is 1.51. The zero-order chi connectivity index (χ0) is 25.2. The number of amides is 2. The minimum atomic E-state index is -1.18. The van der Waals surface area contributed by atoms with Crippen LogP contribution in [0.15, 0.2) is 72.8 Å². The van der Waals surface area contributed by atoms with E-state index in [0.717, 1.165) is 11.3 Å². The van der Waals surface area contributed by atoms with Crippen molar-refractivity contribution in [3.63, 3.8) is 0 Å². The highest BCUT2D eigenvalue weighted by Crippen LogP contribution is 2.18. The summed E-state index contributed by atoms with van der Waals surface area (Å²) in [6.07, 6.45) is 0.00825. The zero-order valence-electron chi connectivity index (χ0n) is 19.0. The first kappa shape index (κ1) is 25.6. The van der Waals surface area contributed by atoms with E-state index in [1.807, 2.05) is 24.3 Å². The minimum Gasteiger partial charge on any atom is -0.496 e. The Morgan fingerprint density at radius 3 is 2.34 bits per heavy atom. The summed E-state index contributed by atoms with van der Waals surface area (Å²) < 4.78 is 10.6. The summed E-state index contributed by atoms with van der Waals surface area (Å²) in [5.41, 5.74) is 1.80. The molecule has 0 heterocycles. The molecule has 0 aliphatic heterocycles. The number of carboxylic acids is 1. The van der Waals surface area contributed by atoms with Gasteiger partial charge in [0.2, 0.25) is 0 Å². The molecule has 1 unspecified atom stereocenters. The van der Waals surface area contributed by atoms with Crippen LogP contribution in [0.5, 0.6) is 11.5 Å². The summed E-state index contributed by atoms with van der Waals surface area (Å²) in [5.74, 6) is -0.704. The Kier molecular flexibility index (Phi) is 9.09. The molecular weight excluding hydrogens is 472 g/mol. The number of para-hydroxylation sites is 1. The second kappa shape index (κ2) is 12.4. The highest BCUT2D eigenvalue weighted by molar-refractivity contribution is 6.33. The lowest BCUT2D eigenvalue weighted by molar-refractivity contribution is -0.139. The summed E-state index contributed by atoms with van der Waals surface area (Å²) in [6.45, 7) is 0.364. The second-order valence-electron chi connectivity index (χ2n) is 7.57. The van der Waals surface area contributed by atoms with Gasteiger partial charge in [-0.2, -0.15) is 0 Å². The molecule has 0 spiro atoms. The van der Waals surface area contributed by atoms with E-state index >= 15 is 0 Å². The fourth-order valence-electron chi connectivity index (χ4n) is 3.36. The predicted molar refractivity (Wildman–Crippen MR) is 131 cm³/mol. The van der Waals surface area contributed by atoms with Gasteiger partial charge >= 0.3 is 12.1 Å². The van der Waals surface area contributed by atoms with Crippen LogP contribution in [0.1, 0.15) is 21.5 Å². The highest BCUT2D eigenvalue weighted by Gasteiger charge is 2.22. The second-order valence-corrected chi connectivity index (χ2v) is 7.98. The standard InChI is InChI=1S/C26H25ClN2O6/c1-34-23-9-5-2-6-18(23)14-15-28-26(33)35-19-12-10-17(11-13-19)16-22(25(31)32)29-24(30)20-7-3-4-8-21(20)27/h2-13,22H,14-16H2,1H3,(H,28,33)(H,29,30)(H,31,32). The SMILES string of the molecule is COc1ccccc1CCNC(=O)Oc1ccc(CC(NC(=O)c2ccccc2Cl)C(=O)O)cc1. The molecule has 0 aliphatic carbocycles. The number of ether oxygens (including phenoxy) is 2. The van der Waals surface area contributed by atoms with Gasteiger partial charge < -0.3 is 25.2 Å². The van der Waals surface area contributed by atoms with Gasteiger partial charge in [-0.1, -0.05) is 54.1 Å². The number of hydrogen-bond acceptors (Lipinski definition) is 5. The van der Waals surface area contributed by atoms with Gasteiger partial charge in [-0.3, -0.25) is 4.79 Å². The molecule has 0 bridgehead atoms. The van der Waals surface area contributed by atoms with Crippen LogP contribution in [-0.4, -0.2) is 42.8 Å². The summed E-state index contributed by atoms with van der Waals surface area (Å²) in [5, 5.41) is 14.9. The van der Waals surface area contributed by atoms with Gasteiger partial charge in [0.05, 0.1) is 17.7 Å². The van der Waals surface area contributed by atoms with Crippen LogP contribution in [-0.2, 0) is 17.6 Å². The number of nitrogens with one attached hydrogen (secondary N) is 2. The van der Waals surface area contributed by atoms with E-state index in [-0.39, 0.29) is 17.0 Å². The number of aliphatic carboxylic acids is 1. The quantitative estimate of drug-likeness (QED) is 0.389. The molecule has 182 valence electrons. The molecule has 8 nitrogen and oxygen atoms in total. The van der Waals surface area contributed by atoms with Crippen LogP contribution in [0.2, 0.25) is 5.02 Å². The van der Waals surface area contributed by atoms with E-state index in [0.29, 0.717) is 24.3 Å². The van der Waals surface area contributed by atoms with Gasteiger partial charge in [0.25, 0.3) is 5.91 Å². The molecule has 1 atom stereocenters. The number of carbonyl (C=O) groups excluding carboxylic acids is 2. The average Bonchev–Trinajstić information content (AvgIpc) is 2.85. The average molecular weight is 497 g/mol.